The third-order valence-corrected chi connectivity index (χ3v) is 5.95. The van der Waals surface area contributed by atoms with Crippen molar-refractivity contribution in [2.24, 2.45) is 0 Å². The van der Waals surface area contributed by atoms with Crippen LogP contribution in [0, 0.1) is 18.3 Å². The molecule has 0 unspecified atom stereocenters. The first kappa shape index (κ1) is 24.7. The number of halogens is 3. The van der Waals surface area contributed by atoms with Crippen LogP contribution in [-0.2, 0) is 11.4 Å². The number of hydrogen-bond acceptors (Lipinski definition) is 4. The minimum Gasteiger partial charge on any atom is -0.493 e. The molecule has 0 bridgehead atoms. The van der Waals surface area contributed by atoms with Gasteiger partial charge in [0.05, 0.1) is 11.6 Å². The summed E-state index contributed by atoms with van der Waals surface area (Å²) in [7, 11) is 1.52. The summed E-state index contributed by atoms with van der Waals surface area (Å²) in [5.41, 5.74) is 2.67. The lowest BCUT2D eigenvalue weighted by Gasteiger charge is -2.14. The lowest BCUT2D eigenvalue weighted by molar-refractivity contribution is -0.112. The molecule has 1 amide bonds. The van der Waals surface area contributed by atoms with Crippen LogP contribution in [0.5, 0.6) is 11.5 Å². The van der Waals surface area contributed by atoms with E-state index in [0.717, 1.165) is 11.1 Å². The van der Waals surface area contributed by atoms with Crippen molar-refractivity contribution in [1.29, 1.82) is 5.26 Å². The SMILES string of the molecule is COc1cc(/C=C(\C#N)C(=O)Nc2cccc(Cl)c2C)cc(Br)c1OCc1cccc(Cl)c1. The summed E-state index contributed by atoms with van der Waals surface area (Å²) >= 11 is 15.6. The van der Waals surface area contributed by atoms with Crippen molar-refractivity contribution >= 4 is 56.8 Å². The summed E-state index contributed by atoms with van der Waals surface area (Å²) in [5, 5.41) is 13.4. The van der Waals surface area contributed by atoms with Gasteiger partial charge in [0.15, 0.2) is 11.5 Å². The number of amides is 1. The Kier molecular flexibility index (Phi) is 8.40. The van der Waals surface area contributed by atoms with Gasteiger partial charge in [-0.05, 0) is 82.0 Å². The Balaban J connectivity index is 1.84. The third kappa shape index (κ3) is 6.29. The fraction of sp³-hybridized carbons (Fsp3) is 0.120. The molecule has 0 aliphatic heterocycles. The molecule has 0 saturated carbocycles. The van der Waals surface area contributed by atoms with Crippen molar-refractivity contribution in [3.63, 3.8) is 0 Å². The van der Waals surface area contributed by atoms with Crippen LogP contribution in [0.4, 0.5) is 5.69 Å². The molecule has 0 aromatic heterocycles. The van der Waals surface area contributed by atoms with E-state index in [9.17, 15) is 10.1 Å². The van der Waals surface area contributed by atoms with Crippen LogP contribution in [-0.4, -0.2) is 13.0 Å². The Morgan fingerprint density at radius 3 is 2.64 bits per heavy atom. The van der Waals surface area contributed by atoms with E-state index < -0.39 is 5.91 Å². The Bertz CT molecular complexity index is 1270. The minimum atomic E-state index is -0.542. The number of benzene rings is 3. The molecule has 3 rings (SSSR count). The van der Waals surface area contributed by atoms with Crippen LogP contribution in [0.2, 0.25) is 10.0 Å². The number of nitriles is 1. The van der Waals surface area contributed by atoms with E-state index in [1.54, 1.807) is 43.3 Å². The van der Waals surface area contributed by atoms with Crippen LogP contribution >= 0.6 is 39.1 Å². The van der Waals surface area contributed by atoms with E-state index in [2.05, 4.69) is 21.2 Å². The van der Waals surface area contributed by atoms with Crippen molar-refractivity contribution in [2.45, 2.75) is 13.5 Å². The van der Waals surface area contributed by atoms with Crippen molar-refractivity contribution < 1.29 is 14.3 Å². The zero-order valence-electron chi connectivity index (χ0n) is 17.8. The molecule has 0 heterocycles. The number of hydrogen-bond donors (Lipinski definition) is 1. The second-order valence-electron chi connectivity index (χ2n) is 6.99. The predicted molar refractivity (Wildman–Crippen MR) is 135 cm³/mol. The van der Waals surface area contributed by atoms with Gasteiger partial charge in [0.2, 0.25) is 0 Å². The molecule has 5 nitrogen and oxygen atoms in total. The van der Waals surface area contributed by atoms with Gasteiger partial charge in [0.25, 0.3) is 5.91 Å². The van der Waals surface area contributed by atoms with Gasteiger partial charge in [-0.3, -0.25) is 4.79 Å². The summed E-state index contributed by atoms with van der Waals surface area (Å²) in [5.74, 6) is 0.396. The van der Waals surface area contributed by atoms with Gasteiger partial charge >= 0.3 is 0 Å². The van der Waals surface area contributed by atoms with Gasteiger partial charge in [-0.1, -0.05) is 41.4 Å². The molecule has 0 aliphatic rings. The molecule has 0 aliphatic carbocycles. The molecule has 1 N–H and O–H groups in total. The molecule has 168 valence electrons. The zero-order chi connectivity index (χ0) is 24.0. The Morgan fingerprint density at radius 2 is 1.94 bits per heavy atom. The number of rotatable bonds is 7. The molecule has 0 atom stereocenters. The maximum absolute atomic E-state index is 12.7. The standard InChI is InChI=1S/C25H19BrCl2N2O3/c1-15-21(28)7-4-8-22(15)30-25(31)18(13-29)9-17-11-20(26)24(23(12-17)32-2)33-14-16-5-3-6-19(27)10-16/h3-12H,14H2,1-2H3,(H,30,31)/b18-9+. The fourth-order valence-electron chi connectivity index (χ4n) is 2.99. The second kappa shape index (κ2) is 11.2. The molecular formula is C25H19BrCl2N2O3. The second-order valence-corrected chi connectivity index (χ2v) is 8.69. The van der Waals surface area contributed by atoms with Crippen LogP contribution < -0.4 is 14.8 Å². The van der Waals surface area contributed by atoms with Crippen LogP contribution in [0.1, 0.15) is 16.7 Å². The largest absolute Gasteiger partial charge is 0.493 e. The lowest BCUT2D eigenvalue weighted by atomic mass is 10.1. The first-order valence-corrected chi connectivity index (χ1v) is 11.3. The van der Waals surface area contributed by atoms with Crippen molar-refractivity contribution in [3.8, 4) is 17.6 Å². The summed E-state index contributed by atoms with van der Waals surface area (Å²) in [6.07, 6.45) is 1.48. The van der Waals surface area contributed by atoms with Gasteiger partial charge in [-0.25, -0.2) is 0 Å². The summed E-state index contributed by atoms with van der Waals surface area (Å²) < 4.78 is 12.0. The van der Waals surface area contributed by atoms with E-state index in [1.807, 2.05) is 24.3 Å². The van der Waals surface area contributed by atoms with Gasteiger partial charge in [-0.15, -0.1) is 0 Å². The summed E-state index contributed by atoms with van der Waals surface area (Å²) in [6.45, 7) is 2.08. The zero-order valence-corrected chi connectivity index (χ0v) is 20.9. The number of nitrogens with zero attached hydrogens (tertiary/aromatic N) is 1. The normalized spacial score (nSPS) is 11.0. The van der Waals surface area contributed by atoms with Gasteiger partial charge in [-0.2, -0.15) is 5.26 Å². The minimum absolute atomic E-state index is 0.0732. The molecule has 0 fully saturated rings. The number of anilines is 1. The molecule has 8 heteroatoms. The molecule has 0 radical (unpaired) electrons. The fourth-order valence-corrected chi connectivity index (χ4v) is 3.95. The number of carbonyl (C=O) groups is 1. The van der Waals surface area contributed by atoms with E-state index in [1.165, 1.54) is 13.2 Å². The highest BCUT2D eigenvalue weighted by Crippen LogP contribution is 2.38. The molecule has 0 spiro atoms. The van der Waals surface area contributed by atoms with Crippen LogP contribution in [0.3, 0.4) is 0 Å². The van der Waals surface area contributed by atoms with E-state index in [0.29, 0.717) is 37.3 Å². The van der Waals surface area contributed by atoms with Gasteiger partial charge in [0.1, 0.15) is 18.2 Å². The van der Waals surface area contributed by atoms with Gasteiger partial charge < -0.3 is 14.8 Å². The average Bonchev–Trinajstić information content (AvgIpc) is 2.79. The first-order valence-electron chi connectivity index (χ1n) is 9.75. The molecule has 0 saturated heterocycles. The van der Waals surface area contributed by atoms with Crippen molar-refractivity contribution in [2.75, 3.05) is 12.4 Å². The molecule has 3 aromatic carbocycles. The Hall–Kier alpha value is -2.98. The molecule has 3 aromatic rings. The van der Waals surface area contributed by atoms with E-state index in [4.69, 9.17) is 32.7 Å². The lowest BCUT2D eigenvalue weighted by Crippen LogP contribution is -2.14. The molecular weight excluding hydrogens is 527 g/mol. The first-order chi connectivity index (χ1) is 15.8. The smallest absolute Gasteiger partial charge is 0.266 e. The van der Waals surface area contributed by atoms with E-state index >= 15 is 0 Å². The molecule has 33 heavy (non-hydrogen) atoms. The topological polar surface area (TPSA) is 71.3 Å². The van der Waals surface area contributed by atoms with Crippen LogP contribution in [0.15, 0.2) is 64.6 Å². The van der Waals surface area contributed by atoms with Gasteiger partial charge in [0, 0.05) is 15.7 Å². The number of methoxy groups -OCH3 is 1. The summed E-state index contributed by atoms with van der Waals surface area (Å²) in [6, 6.07) is 17.9. The highest BCUT2D eigenvalue weighted by molar-refractivity contribution is 9.10. The van der Waals surface area contributed by atoms with Crippen molar-refractivity contribution in [3.05, 3.63) is 91.4 Å². The van der Waals surface area contributed by atoms with E-state index in [-0.39, 0.29) is 12.2 Å². The summed E-state index contributed by atoms with van der Waals surface area (Å²) in [4.78, 5) is 12.7. The predicted octanol–water partition coefficient (Wildman–Crippen LogP) is 7.20. The Morgan fingerprint density at radius 1 is 1.18 bits per heavy atom. The van der Waals surface area contributed by atoms with Crippen LogP contribution in [0.25, 0.3) is 6.08 Å². The number of nitrogens with one attached hydrogen (secondary N) is 1. The highest BCUT2D eigenvalue weighted by Gasteiger charge is 2.15. The highest BCUT2D eigenvalue weighted by atomic mass is 79.9. The number of carbonyl (C=O) groups excluding carboxylic acids is 1. The number of ether oxygens (including phenoxy) is 2. The van der Waals surface area contributed by atoms with Crippen molar-refractivity contribution in [1.82, 2.24) is 0 Å². The monoisotopic (exact) mass is 544 g/mol. The maximum Gasteiger partial charge on any atom is 0.266 e. The maximum atomic E-state index is 12.7. The third-order valence-electron chi connectivity index (χ3n) is 4.72. The average molecular weight is 546 g/mol. The Labute approximate surface area is 210 Å². The quantitative estimate of drug-likeness (QED) is 0.252.